The predicted octanol–water partition coefficient (Wildman–Crippen LogP) is 19.3. The fourth-order valence-electron chi connectivity index (χ4n) is 12.8. The van der Waals surface area contributed by atoms with Crippen LogP contribution in [-0.2, 0) is 11.2 Å². The lowest BCUT2D eigenvalue weighted by Crippen LogP contribution is -2.12. The van der Waals surface area contributed by atoms with Crippen LogP contribution in [0.1, 0.15) is 53.1 Å². The van der Waals surface area contributed by atoms with E-state index in [4.69, 9.17) is 14.7 Å². The van der Waals surface area contributed by atoms with Crippen molar-refractivity contribution in [1.82, 2.24) is 4.57 Å². The molecule has 0 saturated heterocycles. The summed E-state index contributed by atoms with van der Waals surface area (Å²) in [6, 6.07) is 90.1. The Balaban J connectivity index is 0.850. The minimum absolute atomic E-state index is 0.203. The zero-order chi connectivity index (χ0) is 53.8. The number of allylic oxidation sites excluding steroid dienone is 5. The largest absolute Gasteiger partial charge is 0.497 e. The number of aliphatic imine (C=N–C) groups is 2. The Labute approximate surface area is 472 Å². The first-order valence-electron chi connectivity index (χ1n) is 28.3. The van der Waals surface area contributed by atoms with Crippen molar-refractivity contribution in [2.75, 3.05) is 6.61 Å². The standard InChI is InChI=1S/C77H55N3O/c1-50-45-59(48-70-60-25-10-8-21-52(60)43-44-81-76(50)70)62-41-40-58(49-75(62)80-73-33-16-14-29-66(73)67-30-15-17-34-74(67)80)72-32-18-31-71(78-77(79-72)55-22-6-3-7-23-55)54-37-35-53(36-38-54)68-46-56(51-19-4-2-5-20-51)39-42-65(68)69-47-57-24-9-11-26-61(57)63-27-12-13-28-64(63)69/h2-30,33-42,46-50H,31,43-45H2,1H3. The highest BCUT2D eigenvalue weighted by molar-refractivity contribution is 6.16. The summed E-state index contributed by atoms with van der Waals surface area (Å²) in [6.07, 6.45) is 6.82. The second kappa shape index (κ2) is 20.3. The van der Waals surface area contributed by atoms with Crippen molar-refractivity contribution in [1.29, 1.82) is 0 Å². The van der Waals surface area contributed by atoms with E-state index in [0.29, 0.717) is 18.9 Å². The second-order valence-electron chi connectivity index (χ2n) is 21.6. The topological polar surface area (TPSA) is 38.9 Å². The van der Waals surface area contributed by atoms with Crippen molar-refractivity contribution in [3.05, 3.63) is 306 Å². The van der Waals surface area contributed by atoms with E-state index in [2.05, 4.69) is 272 Å². The highest BCUT2D eigenvalue weighted by atomic mass is 16.5. The van der Waals surface area contributed by atoms with Gasteiger partial charge in [-0.3, -0.25) is 0 Å². The molecule has 1 unspecified atom stereocenters. The van der Waals surface area contributed by atoms with Crippen LogP contribution in [0.15, 0.2) is 282 Å². The lowest BCUT2D eigenvalue weighted by molar-refractivity contribution is 0.188. The molecule has 0 radical (unpaired) electrons. The number of nitrogens with zero attached hydrogens (tertiary/aromatic N) is 3. The van der Waals surface area contributed by atoms with Crippen molar-refractivity contribution in [3.8, 4) is 39.1 Å². The molecule has 1 aliphatic carbocycles. The van der Waals surface area contributed by atoms with Gasteiger partial charge < -0.3 is 9.30 Å². The van der Waals surface area contributed by atoms with Gasteiger partial charge in [0.05, 0.1) is 29.0 Å². The lowest BCUT2D eigenvalue weighted by atomic mass is 9.82. The summed E-state index contributed by atoms with van der Waals surface area (Å²) >= 11 is 0. The summed E-state index contributed by atoms with van der Waals surface area (Å²) < 4.78 is 9.03. The number of ether oxygens (including phenoxy) is 1. The zero-order valence-corrected chi connectivity index (χ0v) is 45.0. The van der Waals surface area contributed by atoms with Crippen molar-refractivity contribution < 1.29 is 4.74 Å². The highest BCUT2D eigenvalue weighted by Gasteiger charge is 2.29. The second-order valence-corrected chi connectivity index (χ2v) is 21.6. The Morgan fingerprint density at radius 1 is 0.457 bits per heavy atom. The molecule has 1 aromatic heterocycles. The van der Waals surface area contributed by atoms with Gasteiger partial charge in [-0.25, -0.2) is 9.98 Å². The van der Waals surface area contributed by atoms with Crippen LogP contribution in [0.5, 0.6) is 0 Å². The number of fused-ring (bicyclic) bond motifs is 8. The minimum Gasteiger partial charge on any atom is -0.497 e. The van der Waals surface area contributed by atoms with E-state index in [9.17, 15) is 0 Å². The number of benzene rings is 11. The Morgan fingerprint density at radius 2 is 1.07 bits per heavy atom. The number of hydrogen-bond acceptors (Lipinski definition) is 3. The number of para-hydroxylation sites is 2. The molecule has 0 saturated carbocycles. The van der Waals surface area contributed by atoms with Crippen LogP contribution in [0.2, 0.25) is 0 Å². The van der Waals surface area contributed by atoms with Gasteiger partial charge in [0, 0.05) is 51.8 Å². The van der Waals surface area contributed by atoms with Gasteiger partial charge >= 0.3 is 0 Å². The van der Waals surface area contributed by atoms with Crippen LogP contribution in [0.25, 0.3) is 99.3 Å². The molecule has 4 heteroatoms. The summed E-state index contributed by atoms with van der Waals surface area (Å²) in [6.45, 7) is 3.00. The average molecular weight is 1040 g/mol. The molecule has 12 aromatic rings. The van der Waals surface area contributed by atoms with Gasteiger partial charge in [-0.2, -0.15) is 0 Å². The molecule has 0 N–H and O–H groups in total. The van der Waals surface area contributed by atoms with Gasteiger partial charge in [-0.1, -0.05) is 231 Å². The van der Waals surface area contributed by atoms with Gasteiger partial charge in [0.1, 0.15) is 11.5 Å². The zero-order valence-electron chi connectivity index (χ0n) is 45.0. The first-order chi connectivity index (χ1) is 40.1. The maximum atomic E-state index is 6.58. The molecule has 2 aliphatic heterocycles. The van der Waals surface area contributed by atoms with Crippen molar-refractivity contribution in [2.45, 2.75) is 26.2 Å². The van der Waals surface area contributed by atoms with E-state index in [1.807, 2.05) is 6.07 Å². The van der Waals surface area contributed by atoms with Gasteiger partial charge in [-0.05, 0) is 126 Å². The molecule has 4 nitrogen and oxygen atoms in total. The summed E-state index contributed by atoms with van der Waals surface area (Å²) in [5.41, 5.74) is 25.1. The van der Waals surface area contributed by atoms with Gasteiger partial charge in [0.2, 0.25) is 0 Å². The van der Waals surface area contributed by atoms with Crippen LogP contribution >= 0.6 is 0 Å². The molecule has 3 heterocycles. The first-order valence-corrected chi connectivity index (χ1v) is 28.3. The van der Waals surface area contributed by atoms with Gasteiger partial charge in [0.15, 0.2) is 5.84 Å². The first kappa shape index (κ1) is 48.0. The van der Waals surface area contributed by atoms with Crippen molar-refractivity contribution in [2.24, 2.45) is 15.9 Å². The molecular weight excluding hydrogens is 983 g/mol. The summed E-state index contributed by atoms with van der Waals surface area (Å²) in [5, 5.41) is 7.41. The Hall–Kier alpha value is -10.1. The fourth-order valence-corrected chi connectivity index (χ4v) is 12.8. The molecule has 0 spiro atoms. The van der Waals surface area contributed by atoms with E-state index in [0.717, 1.165) is 69.0 Å². The van der Waals surface area contributed by atoms with E-state index < -0.39 is 0 Å². The fraction of sp³-hybridized carbons (Fsp3) is 0.0779. The van der Waals surface area contributed by atoms with E-state index in [1.165, 1.54) is 88.0 Å². The number of amidine groups is 1. The Bertz CT molecular complexity index is 4640. The lowest BCUT2D eigenvalue weighted by Gasteiger charge is -2.27. The normalized spacial score (nSPS) is 15.2. The Morgan fingerprint density at radius 3 is 1.85 bits per heavy atom. The third kappa shape index (κ3) is 8.65. The van der Waals surface area contributed by atoms with E-state index >= 15 is 0 Å². The number of hydrogen-bond donors (Lipinski definition) is 0. The molecule has 15 rings (SSSR count). The smallest absolute Gasteiger partial charge is 0.160 e. The summed E-state index contributed by atoms with van der Waals surface area (Å²) in [5.74, 6) is 1.94. The quantitative estimate of drug-likeness (QED) is 0.110. The molecule has 0 amide bonds. The summed E-state index contributed by atoms with van der Waals surface area (Å²) in [4.78, 5) is 11.0. The van der Waals surface area contributed by atoms with E-state index in [-0.39, 0.29) is 5.92 Å². The van der Waals surface area contributed by atoms with Gasteiger partial charge in [-0.15, -0.1) is 0 Å². The van der Waals surface area contributed by atoms with Crippen LogP contribution < -0.4 is 0 Å². The maximum absolute atomic E-state index is 6.58. The number of aromatic nitrogens is 1. The molecule has 3 aliphatic rings. The molecule has 1 atom stereocenters. The molecular formula is C77H55N3O. The highest BCUT2D eigenvalue weighted by Crippen LogP contribution is 2.46. The Kier molecular flexibility index (Phi) is 12.0. The third-order valence-corrected chi connectivity index (χ3v) is 16.7. The maximum Gasteiger partial charge on any atom is 0.160 e. The van der Waals surface area contributed by atoms with E-state index in [1.54, 1.807) is 0 Å². The molecule has 384 valence electrons. The summed E-state index contributed by atoms with van der Waals surface area (Å²) in [7, 11) is 0. The molecule has 0 bridgehead atoms. The molecule has 0 fully saturated rings. The van der Waals surface area contributed by atoms with Crippen LogP contribution in [0.3, 0.4) is 0 Å². The van der Waals surface area contributed by atoms with Crippen LogP contribution in [0, 0.1) is 5.92 Å². The van der Waals surface area contributed by atoms with Crippen LogP contribution in [-0.4, -0.2) is 22.7 Å². The van der Waals surface area contributed by atoms with Crippen molar-refractivity contribution >= 4 is 71.7 Å². The predicted molar refractivity (Wildman–Crippen MR) is 339 cm³/mol. The SMILES string of the molecule is CC1CC(c2ccc(C3=C=CCC(c4ccc(-c5cc(-c6ccccc6)ccc5-c5cc6ccccc6c6ccccc56)cc4)=NC(c4ccccc4)=N3)cc2-n2c3ccccc3c3ccccc32)=CC2=C1OCCc1ccccc12. The molecule has 11 aromatic carbocycles. The molecule has 81 heavy (non-hydrogen) atoms. The minimum atomic E-state index is 0.203. The average Bonchev–Trinajstić information content (AvgIpc) is 4.03. The van der Waals surface area contributed by atoms with Gasteiger partial charge in [0.25, 0.3) is 0 Å². The number of rotatable bonds is 8. The monoisotopic (exact) mass is 1040 g/mol. The third-order valence-electron chi connectivity index (χ3n) is 16.7. The van der Waals surface area contributed by atoms with Crippen LogP contribution in [0.4, 0.5) is 0 Å². The van der Waals surface area contributed by atoms with Crippen molar-refractivity contribution in [3.63, 3.8) is 0 Å².